The molecule has 582 valence electrons. The van der Waals surface area contributed by atoms with Crippen LogP contribution >= 0.6 is 0 Å². The number of hydrogen-bond donors (Lipinski definition) is 14. The molecule has 14 N–H and O–H groups in total. The van der Waals surface area contributed by atoms with Crippen molar-refractivity contribution < 1.29 is 141 Å². The topological polar surface area (TPSA) is 482 Å². The van der Waals surface area contributed by atoms with Gasteiger partial charge in [-0.3, -0.25) is 33.6 Å². The van der Waals surface area contributed by atoms with Gasteiger partial charge >= 0.3 is 0 Å². The Labute approximate surface area is 586 Å². The van der Waals surface area contributed by atoms with Gasteiger partial charge in [-0.15, -0.1) is 0 Å². The number of ether oxygens (including phenoxy) is 13. The molecule has 3 aliphatic heterocycles. The summed E-state index contributed by atoms with van der Waals surface area (Å²) in [5, 5.41) is 105. The lowest BCUT2D eigenvalue weighted by atomic mass is 9.81. The summed E-state index contributed by atoms with van der Waals surface area (Å²) in [5.41, 5.74) is -0.880. The lowest BCUT2D eigenvalue weighted by molar-refractivity contribution is -0.272. The number of Topliss-reactive ketones (excluding diaryl/α,β-unsaturated/α-hetero) is 2. The monoisotopic (exact) mass is 1450 g/mol. The first-order valence-corrected chi connectivity index (χ1v) is 35.2. The zero-order valence-corrected chi connectivity index (χ0v) is 58.9. The second-order valence-corrected chi connectivity index (χ2v) is 25.1. The van der Waals surface area contributed by atoms with Crippen LogP contribution in [0.25, 0.3) is 0 Å². The molecule has 0 aliphatic carbocycles. The standard InChI is InChI=1S/C66H119N5O29/c1-44(75)68-54-60(85)57(82)49(41-72)98-63(54)95-38-35-92-32-29-89-26-11-6-5-9-21-66(71-53(81)18-12-16-47(78)15-8-7-10-25-88-4,23-20-48(79)17-14-27-90-30-33-93-36-39-96-64-55(69-45(2)76)61(86)58(83)50(42-73)99-64)22-13-19-52(80)67-24-28-91-31-34-94-37-40-97-65-56(70-46(3)77)62(87)59(84)51(43-74)100-65/h49-51,54-65,72-74,82-87H,5-43H2,1-4H3,(H,67,80)(H,68,75)(H,69,76)(H,70,77)(H,71,81). The molecule has 3 rings (SSSR count). The van der Waals surface area contributed by atoms with Gasteiger partial charge in [-0.25, -0.2) is 0 Å². The van der Waals surface area contributed by atoms with E-state index in [-0.39, 0.29) is 155 Å². The van der Waals surface area contributed by atoms with E-state index < -0.39 is 135 Å². The number of nitrogens with one attached hydrogen (secondary N) is 5. The van der Waals surface area contributed by atoms with E-state index in [0.29, 0.717) is 71.0 Å². The Morgan fingerprint density at radius 3 is 1.17 bits per heavy atom. The van der Waals surface area contributed by atoms with Crippen LogP contribution in [0.15, 0.2) is 0 Å². The lowest BCUT2D eigenvalue weighted by Gasteiger charge is -2.42. The fourth-order valence-electron chi connectivity index (χ4n) is 11.5. The summed E-state index contributed by atoms with van der Waals surface area (Å²) in [5.74, 6) is -1.91. The number of hydrogen-bond acceptors (Lipinski definition) is 29. The first-order valence-electron chi connectivity index (χ1n) is 35.2. The largest absolute Gasteiger partial charge is 0.394 e. The van der Waals surface area contributed by atoms with E-state index in [0.717, 1.165) is 32.1 Å². The van der Waals surface area contributed by atoms with Crippen LogP contribution in [0.5, 0.6) is 0 Å². The Balaban J connectivity index is 1.55. The molecule has 16 atom stereocenters. The first-order chi connectivity index (χ1) is 48.1. The summed E-state index contributed by atoms with van der Waals surface area (Å²) < 4.78 is 72.8. The van der Waals surface area contributed by atoms with Crippen LogP contribution in [0.2, 0.25) is 0 Å². The quantitative estimate of drug-likeness (QED) is 0.0272. The lowest BCUT2D eigenvalue weighted by Crippen LogP contribution is -2.64. The minimum Gasteiger partial charge on any atom is -0.394 e. The second kappa shape index (κ2) is 53.6. The van der Waals surface area contributed by atoms with Gasteiger partial charge in [0.1, 0.15) is 84.6 Å². The molecule has 0 saturated carbocycles. The van der Waals surface area contributed by atoms with Crippen molar-refractivity contribution in [2.75, 3.05) is 139 Å². The molecule has 34 heteroatoms. The summed E-state index contributed by atoms with van der Waals surface area (Å²) in [7, 11) is 1.63. The molecular weight excluding hydrogens is 1330 g/mol. The zero-order chi connectivity index (χ0) is 73.5. The van der Waals surface area contributed by atoms with Crippen LogP contribution < -0.4 is 26.6 Å². The molecule has 3 saturated heterocycles. The molecule has 0 aromatic heterocycles. The van der Waals surface area contributed by atoms with Gasteiger partial charge in [0.05, 0.1) is 106 Å². The third-order valence-corrected chi connectivity index (χ3v) is 16.9. The van der Waals surface area contributed by atoms with Gasteiger partial charge in [0.2, 0.25) is 29.5 Å². The van der Waals surface area contributed by atoms with Crippen LogP contribution in [-0.2, 0) is 95.1 Å². The van der Waals surface area contributed by atoms with Crippen LogP contribution in [0.1, 0.15) is 143 Å². The summed E-state index contributed by atoms with van der Waals surface area (Å²) in [6.07, 6.45) is -6.65. The van der Waals surface area contributed by atoms with E-state index in [1.165, 1.54) is 20.8 Å². The second-order valence-electron chi connectivity index (χ2n) is 25.1. The normalized spacial score (nSPS) is 25.9. The van der Waals surface area contributed by atoms with Gasteiger partial charge in [0.15, 0.2) is 18.9 Å². The van der Waals surface area contributed by atoms with E-state index in [1.54, 1.807) is 7.11 Å². The van der Waals surface area contributed by atoms with Gasteiger partial charge in [0, 0.05) is 98.3 Å². The third kappa shape index (κ3) is 37.0. The number of carbonyl (C=O) groups excluding carboxylic acids is 7. The van der Waals surface area contributed by atoms with Crippen molar-refractivity contribution in [3.63, 3.8) is 0 Å². The SMILES string of the molecule is COCCCCCC(=O)CCCC(=O)NC(CCCCCCOCCOCCOC1OC(CO)C(O)C(O)C1NC(C)=O)(CCCC(=O)NCCOCCOCCOC1OC(CO)C(O)C(O)C1NC(C)=O)CCC(=O)CCCOCCOCCOC1OC(CO)C(O)C(O)C1NC(C)=O. The Bertz CT molecular complexity index is 2250. The van der Waals surface area contributed by atoms with Gasteiger partial charge < -0.3 is 134 Å². The van der Waals surface area contributed by atoms with Crippen molar-refractivity contribution in [1.29, 1.82) is 0 Å². The van der Waals surface area contributed by atoms with E-state index in [9.17, 15) is 79.5 Å². The highest BCUT2D eigenvalue weighted by molar-refractivity contribution is 5.81. The molecule has 0 aromatic carbocycles. The first kappa shape index (κ1) is 90.0. The van der Waals surface area contributed by atoms with E-state index in [1.807, 2.05) is 0 Å². The number of unbranched alkanes of at least 4 members (excludes halogenated alkanes) is 5. The van der Waals surface area contributed by atoms with Crippen LogP contribution in [-0.4, -0.2) is 324 Å². The van der Waals surface area contributed by atoms with Crippen LogP contribution in [0, 0.1) is 0 Å². The number of methoxy groups -OCH3 is 1. The molecule has 0 bridgehead atoms. The predicted octanol–water partition coefficient (Wildman–Crippen LogP) is -2.87. The number of rotatable bonds is 59. The molecule has 0 aromatic rings. The summed E-state index contributed by atoms with van der Waals surface area (Å²) >= 11 is 0. The number of amides is 5. The van der Waals surface area contributed by atoms with Gasteiger partial charge in [-0.2, -0.15) is 0 Å². The maximum absolute atomic E-state index is 13.9. The summed E-state index contributed by atoms with van der Waals surface area (Å²) in [6.45, 7) is 5.20. The number of aliphatic hydroxyl groups excluding tert-OH is 9. The highest BCUT2D eigenvalue weighted by Crippen LogP contribution is 2.30. The molecule has 3 fully saturated rings. The van der Waals surface area contributed by atoms with Gasteiger partial charge in [0.25, 0.3) is 0 Å². The smallest absolute Gasteiger partial charge is 0.220 e. The van der Waals surface area contributed by atoms with E-state index >= 15 is 0 Å². The minimum atomic E-state index is -1.45. The summed E-state index contributed by atoms with van der Waals surface area (Å²) in [6, 6.07) is -3.25. The molecule has 16 unspecified atom stereocenters. The average Bonchev–Trinajstić information content (AvgIpc) is 0.825. The minimum absolute atomic E-state index is 0.0114. The van der Waals surface area contributed by atoms with E-state index in [2.05, 4.69) is 26.6 Å². The molecule has 3 aliphatic rings. The third-order valence-electron chi connectivity index (χ3n) is 16.9. The Morgan fingerprint density at radius 2 is 0.720 bits per heavy atom. The Hall–Kier alpha value is -4.19. The van der Waals surface area contributed by atoms with Crippen molar-refractivity contribution >= 4 is 41.1 Å². The van der Waals surface area contributed by atoms with Crippen molar-refractivity contribution in [3.8, 4) is 0 Å². The highest BCUT2D eigenvalue weighted by Gasteiger charge is 2.48. The number of carbonyl (C=O) groups is 7. The van der Waals surface area contributed by atoms with Crippen LogP contribution in [0.4, 0.5) is 0 Å². The fraction of sp³-hybridized carbons (Fsp3) is 0.894. The van der Waals surface area contributed by atoms with E-state index in [4.69, 9.17) is 61.6 Å². The van der Waals surface area contributed by atoms with Crippen molar-refractivity contribution in [1.82, 2.24) is 26.6 Å². The maximum Gasteiger partial charge on any atom is 0.220 e. The Morgan fingerprint density at radius 1 is 0.360 bits per heavy atom. The summed E-state index contributed by atoms with van der Waals surface area (Å²) in [4.78, 5) is 88.9. The van der Waals surface area contributed by atoms with Crippen molar-refractivity contribution in [2.24, 2.45) is 0 Å². The average molecular weight is 1450 g/mol. The van der Waals surface area contributed by atoms with Gasteiger partial charge in [-0.05, 0) is 57.8 Å². The number of aliphatic hydroxyl groups is 9. The van der Waals surface area contributed by atoms with Crippen LogP contribution in [0.3, 0.4) is 0 Å². The predicted molar refractivity (Wildman–Crippen MR) is 352 cm³/mol. The maximum atomic E-state index is 13.9. The van der Waals surface area contributed by atoms with Crippen molar-refractivity contribution in [2.45, 2.75) is 240 Å². The molecule has 0 radical (unpaired) electrons. The van der Waals surface area contributed by atoms with Crippen molar-refractivity contribution in [3.05, 3.63) is 0 Å². The molecular formula is C66H119N5O29. The fourth-order valence-corrected chi connectivity index (χ4v) is 11.5. The molecule has 34 nitrogen and oxygen atoms in total. The zero-order valence-electron chi connectivity index (χ0n) is 58.9. The molecule has 3 heterocycles. The molecule has 100 heavy (non-hydrogen) atoms. The number of ketones is 2. The molecule has 5 amide bonds. The highest BCUT2D eigenvalue weighted by atomic mass is 16.7. The van der Waals surface area contributed by atoms with Gasteiger partial charge in [-0.1, -0.05) is 25.7 Å². The molecule has 0 spiro atoms. The Kier molecular flexibility index (Phi) is 48.2.